The number of carbonyl (C=O) groups is 2. The summed E-state index contributed by atoms with van der Waals surface area (Å²) in [6.07, 6.45) is 23.4. The average Bonchev–Trinajstić information content (AvgIpc) is 2.77. The molecule has 0 aromatic rings. The van der Waals surface area contributed by atoms with Crippen molar-refractivity contribution in [3.63, 3.8) is 0 Å². The normalized spacial score (nSPS) is 11.4. The Morgan fingerprint density at radius 2 is 0.676 bits per heavy atom. The maximum Gasteiger partial charge on any atom is 0.305 e. The van der Waals surface area contributed by atoms with Gasteiger partial charge < -0.3 is 9.47 Å². The Hall–Kier alpha value is -1.06. The molecule has 0 fully saturated rings. The fraction of sp³-hybridized carbons (Fsp3) is 0.933. The summed E-state index contributed by atoms with van der Waals surface area (Å²) in [4.78, 5) is 23.2. The lowest BCUT2D eigenvalue weighted by atomic mass is 10.0. The second-order valence-corrected chi connectivity index (χ2v) is 11.0. The highest BCUT2D eigenvalue weighted by Gasteiger charge is 2.04. The van der Waals surface area contributed by atoms with Crippen LogP contribution in [0.5, 0.6) is 0 Å². The number of ether oxygens (including phenoxy) is 2. The molecule has 0 spiro atoms. The molecule has 4 heteroatoms. The first-order valence-corrected chi connectivity index (χ1v) is 14.7. The number of rotatable bonds is 25. The van der Waals surface area contributed by atoms with E-state index in [0.717, 1.165) is 38.5 Å². The summed E-state index contributed by atoms with van der Waals surface area (Å²) in [7, 11) is 0. The Morgan fingerprint density at radius 3 is 0.912 bits per heavy atom. The van der Waals surface area contributed by atoms with Gasteiger partial charge in [0.15, 0.2) is 0 Å². The van der Waals surface area contributed by atoms with E-state index >= 15 is 0 Å². The Kier molecular flexibility index (Phi) is 24.3. The van der Waals surface area contributed by atoms with Crippen LogP contribution >= 0.6 is 0 Å². The molecule has 0 unspecified atom stereocenters. The number of carbonyl (C=O) groups excluding carboxylic acids is 2. The number of esters is 2. The summed E-state index contributed by atoms with van der Waals surface area (Å²) >= 11 is 0. The van der Waals surface area contributed by atoms with Crippen LogP contribution in [0.2, 0.25) is 0 Å². The van der Waals surface area contributed by atoms with Gasteiger partial charge in [-0.25, -0.2) is 0 Å². The van der Waals surface area contributed by atoms with Crippen LogP contribution in [0, 0.1) is 11.8 Å². The van der Waals surface area contributed by atoms with Crippen LogP contribution in [0.15, 0.2) is 0 Å². The molecule has 0 saturated carbocycles. The van der Waals surface area contributed by atoms with E-state index in [4.69, 9.17) is 9.47 Å². The zero-order valence-corrected chi connectivity index (χ0v) is 23.3. The number of hydrogen-bond donors (Lipinski definition) is 0. The molecular weight excluding hydrogens is 424 g/mol. The van der Waals surface area contributed by atoms with Crippen molar-refractivity contribution in [1.29, 1.82) is 0 Å². The molecule has 0 aromatic heterocycles. The SMILES string of the molecule is CC(C)CCOC(=O)CCCCCCCCCCCCCCCCCCC(=O)OCCC(C)C. The first-order chi connectivity index (χ1) is 16.4. The monoisotopic (exact) mass is 482 g/mol. The van der Waals surface area contributed by atoms with E-state index in [1.807, 2.05) is 0 Å². The van der Waals surface area contributed by atoms with Crippen LogP contribution in [-0.2, 0) is 19.1 Å². The molecule has 0 aliphatic carbocycles. The second kappa shape index (κ2) is 25.0. The molecule has 202 valence electrons. The van der Waals surface area contributed by atoms with E-state index < -0.39 is 0 Å². The van der Waals surface area contributed by atoms with Gasteiger partial charge in [0, 0.05) is 12.8 Å². The minimum Gasteiger partial charge on any atom is -0.466 e. The summed E-state index contributed by atoms with van der Waals surface area (Å²) in [6.45, 7) is 9.76. The van der Waals surface area contributed by atoms with Gasteiger partial charge in [-0.1, -0.05) is 118 Å². The van der Waals surface area contributed by atoms with Gasteiger partial charge in [-0.3, -0.25) is 9.59 Å². The van der Waals surface area contributed by atoms with E-state index in [-0.39, 0.29) is 11.9 Å². The van der Waals surface area contributed by atoms with Gasteiger partial charge in [0.2, 0.25) is 0 Å². The first-order valence-electron chi connectivity index (χ1n) is 14.7. The van der Waals surface area contributed by atoms with Gasteiger partial charge in [-0.2, -0.15) is 0 Å². The van der Waals surface area contributed by atoms with E-state index in [2.05, 4.69) is 27.7 Å². The Morgan fingerprint density at radius 1 is 0.441 bits per heavy atom. The molecule has 0 amide bonds. The third-order valence-electron chi connectivity index (χ3n) is 6.43. The van der Waals surface area contributed by atoms with Gasteiger partial charge >= 0.3 is 11.9 Å². The van der Waals surface area contributed by atoms with Crippen molar-refractivity contribution < 1.29 is 19.1 Å². The standard InChI is InChI=1S/C30H58O4/c1-27(2)23-25-33-29(31)21-19-17-15-13-11-9-7-5-6-8-10-12-14-16-18-20-22-30(32)34-26-24-28(3)4/h27-28H,5-26H2,1-4H3. The topological polar surface area (TPSA) is 52.6 Å². The molecule has 0 radical (unpaired) electrons. The number of unbranched alkanes of at least 4 members (excludes halogenated alkanes) is 15. The highest BCUT2D eigenvalue weighted by Crippen LogP contribution is 2.15. The van der Waals surface area contributed by atoms with Gasteiger partial charge in [-0.05, 0) is 37.5 Å². The van der Waals surface area contributed by atoms with E-state index in [9.17, 15) is 9.59 Å². The quantitative estimate of drug-likeness (QED) is 0.0961. The summed E-state index contributed by atoms with van der Waals surface area (Å²) in [6, 6.07) is 0. The maximum absolute atomic E-state index is 11.6. The van der Waals surface area contributed by atoms with Crippen molar-refractivity contribution >= 4 is 11.9 Å². The van der Waals surface area contributed by atoms with Crippen molar-refractivity contribution in [1.82, 2.24) is 0 Å². The fourth-order valence-corrected chi connectivity index (χ4v) is 3.97. The lowest BCUT2D eigenvalue weighted by Gasteiger charge is -2.07. The molecular formula is C30H58O4. The molecule has 0 N–H and O–H groups in total. The molecule has 0 saturated heterocycles. The molecule has 0 aliphatic rings. The van der Waals surface area contributed by atoms with Gasteiger partial charge in [0.1, 0.15) is 0 Å². The molecule has 0 aromatic carbocycles. The molecule has 0 heterocycles. The first kappa shape index (κ1) is 32.9. The zero-order chi connectivity index (χ0) is 25.3. The summed E-state index contributed by atoms with van der Waals surface area (Å²) in [5.74, 6) is 1.15. The smallest absolute Gasteiger partial charge is 0.305 e. The molecule has 34 heavy (non-hydrogen) atoms. The minimum atomic E-state index is -0.0184. The summed E-state index contributed by atoms with van der Waals surface area (Å²) < 4.78 is 10.5. The average molecular weight is 483 g/mol. The lowest BCUT2D eigenvalue weighted by Crippen LogP contribution is -2.07. The van der Waals surface area contributed by atoms with Crippen LogP contribution in [-0.4, -0.2) is 25.2 Å². The third-order valence-corrected chi connectivity index (χ3v) is 6.43. The Balaban J connectivity index is 3.18. The number of hydrogen-bond acceptors (Lipinski definition) is 4. The zero-order valence-electron chi connectivity index (χ0n) is 23.3. The molecule has 4 nitrogen and oxygen atoms in total. The maximum atomic E-state index is 11.6. The van der Waals surface area contributed by atoms with Crippen molar-refractivity contribution in [2.24, 2.45) is 11.8 Å². The van der Waals surface area contributed by atoms with Crippen molar-refractivity contribution in [2.75, 3.05) is 13.2 Å². The Bertz CT molecular complexity index is 417. The lowest BCUT2D eigenvalue weighted by molar-refractivity contribution is -0.145. The highest BCUT2D eigenvalue weighted by molar-refractivity contribution is 5.69. The second-order valence-electron chi connectivity index (χ2n) is 11.0. The predicted octanol–water partition coefficient (Wildman–Crippen LogP) is 9.19. The van der Waals surface area contributed by atoms with Gasteiger partial charge in [-0.15, -0.1) is 0 Å². The van der Waals surface area contributed by atoms with Crippen molar-refractivity contribution in [3.05, 3.63) is 0 Å². The largest absolute Gasteiger partial charge is 0.466 e. The molecule has 0 rings (SSSR count). The molecule has 0 atom stereocenters. The summed E-state index contributed by atoms with van der Waals surface area (Å²) in [5, 5.41) is 0. The van der Waals surface area contributed by atoms with E-state index in [0.29, 0.717) is 37.9 Å². The van der Waals surface area contributed by atoms with Crippen LogP contribution in [0.3, 0.4) is 0 Å². The highest BCUT2D eigenvalue weighted by atomic mass is 16.5. The third kappa shape index (κ3) is 27.2. The Labute approximate surface area is 212 Å². The fourth-order valence-electron chi connectivity index (χ4n) is 3.97. The van der Waals surface area contributed by atoms with Crippen molar-refractivity contribution in [2.45, 2.75) is 156 Å². The minimum absolute atomic E-state index is 0.0184. The van der Waals surface area contributed by atoms with Crippen LogP contribution in [0.1, 0.15) is 156 Å². The van der Waals surface area contributed by atoms with Crippen LogP contribution in [0.25, 0.3) is 0 Å². The molecule has 0 aliphatic heterocycles. The van der Waals surface area contributed by atoms with Crippen molar-refractivity contribution in [3.8, 4) is 0 Å². The van der Waals surface area contributed by atoms with E-state index in [1.165, 1.54) is 77.0 Å². The summed E-state index contributed by atoms with van der Waals surface area (Å²) in [5.41, 5.74) is 0. The van der Waals surface area contributed by atoms with Crippen LogP contribution < -0.4 is 0 Å². The molecule has 0 bridgehead atoms. The van der Waals surface area contributed by atoms with Gasteiger partial charge in [0.25, 0.3) is 0 Å². The van der Waals surface area contributed by atoms with Crippen LogP contribution in [0.4, 0.5) is 0 Å². The predicted molar refractivity (Wildman–Crippen MR) is 144 cm³/mol. The van der Waals surface area contributed by atoms with Gasteiger partial charge in [0.05, 0.1) is 13.2 Å². The van der Waals surface area contributed by atoms with E-state index in [1.54, 1.807) is 0 Å².